The number of carbonyl (C=O) groups is 2. The first kappa shape index (κ1) is 19.8. The first-order chi connectivity index (χ1) is 12.8. The van der Waals surface area contributed by atoms with Crippen molar-refractivity contribution >= 4 is 21.9 Å². The Balaban J connectivity index is 1.55. The monoisotopic (exact) mass is 398 g/mol. The van der Waals surface area contributed by atoms with Crippen LogP contribution >= 0.6 is 0 Å². The van der Waals surface area contributed by atoms with Crippen molar-refractivity contribution in [2.45, 2.75) is 43.0 Å². The summed E-state index contributed by atoms with van der Waals surface area (Å²) in [4.78, 5) is 23.1. The van der Waals surface area contributed by atoms with Crippen molar-refractivity contribution in [3.8, 4) is 0 Å². The fourth-order valence-electron chi connectivity index (χ4n) is 3.81. The van der Waals surface area contributed by atoms with Crippen LogP contribution in [0.3, 0.4) is 0 Å². The maximum absolute atomic E-state index is 13.8. The molecule has 148 valence electrons. The number of amides is 1. The molecule has 1 aromatic carbocycles. The fourth-order valence-corrected chi connectivity index (χ4v) is 5.34. The number of benzene rings is 1. The Hall–Kier alpha value is -2.00. The molecule has 1 amide bonds. The molecule has 1 saturated carbocycles. The lowest BCUT2D eigenvalue weighted by Crippen LogP contribution is -2.45. The Bertz CT molecular complexity index is 821. The highest BCUT2D eigenvalue weighted by Gasteiger charge is 2.35. The predicted octanol–water partition coefficient (Wildman–Crippen LogP) is 1.60. The Kier molecular flexibility index (Phi) is 5.81. The fraction of sp³-hybridized carbons (Fsp3) is 0.556. The van der Waals surface area contributed by atoms with E-state index in [1.54, 1.807) is 0 Å². The van der Waals surface area contributed by atoms with Crippen molar-refractivity contribution < 1.29 is 27.5 Å². The summed E-state index contributed by atoms with van der Waals surface area (Å²) in [6, 6.07) is 5.12. The summed E-state index contributed by atoms with van der Waals surface area (Å²) in [5, 5.41) is 11.9. The molecular weight excluding hydrogens is 375 g/mol. The van der Waals surface area contributed by atoms with E-state index in [9.17, 15) is 22.4 Å². The van der Waals surface area contributed by atoms with Crippen molar-refractivity contribution in [1.82, 2.24) is 9.62 Å². The molecule has 0 radical (unpaired) electrons. The molecule has 0 bridgehead atoms. The van der Waals surface area contributed by atoms with Gasteiger partial charge in [0.15, 0.2) is 0 Å². The highest BCUT2D eigenvalue weighted by atomic mass is 32.2. The summed E-state index contributed by atoms with van der Waals surface area (Å²) in [5.74, 6) is -2.51. The maximum atomic E-state index is 13.8. The number of sulfonamides is 1. The quantitative estimate of drug-likeness (QED) is 0.784. The van der Waals surface area contributed by atoms with Gasteiger partial charge in [0.2, 0.25) is 15.9 Å². The molecule has 0 spiro atoms. The molecule has 1 aliphatic heterocycles. The highest BCUT2D eigenvalue weighted by molar-refractivity contribution is 7.89. The van der Waals surface area contributed by atoms with Crippen LogP contribution in [0.2, 0.25) is 0 Å². The molecule has 1 saturated heterocycles. The van der Waals surface area contributed by atoms with E-state index in [-0.39, 0.29) is 35.9 Å². The number of piperidine rings is 1. The van der Waals surface area contributed by atoms with Gasteiger partial charge in [0.1, 0.15) is 10.7 Å². The van der Waals surface area contributed by atoms with Gasteiger partial charge in [-0.25, -0.2) is 12.8 Å². The zero-order chi connectivity index (χ0) is 19.6. The third kappa shape index (κ3) is 4.30. The third-order valence-electron chi connectivity index (χ3n) is 5.41. The van der Waals surface area contributed by atoms with E-state index in [1.807, 2.05) is 0 Å². The first-order valence-electron chi connectivity index (χ1n) is 9.07. The molecule has 2 N–H and O–H groups in total. The van der Waals surface area contributed by atoms with Crippen LogP contribution in [0, 0.1) is 17.7 Å². The summed E-state index contributed by atoms with van der Waals surface area (Å²) in [6.45, 7) is 0.300. The number of hydrogen-bond acceptors (Lipinski definition) is 4. The van der Waals surface area contributed by atoms with E-state index in [4.69, 9.17) is 5.11 Å². The smallest absolute Gasteiger partial charge is 0.306 e. The van der Waals surface area contributed by atoms with Crippen LogP contribution in [0.25, 0.3) is 0 Å². The maximum Gasteiger partial charge on any atom is 0.306 e. The molecule has 2 fully saturated rings. The molecule has 0 aromatic heterocycles. The van der Waals surface area contributed by atoms with E-state index in [2.05, 4.69) is 5.32 Å². The van der Waals surface area contributed by atoms with E-state index in [1.165, 1.54) is 22.5 Å². The molecule has 27 heavy (non-hydrogen) atoms. The standard InChI is InChI=1S/C18H23FN2O5S/c19-15-3-1-2-4-16(15)27(25,26)21-9-7-12(8-10-21)17(22)20-14-6-5-13(11-14)18(23)24/h1-4,12-14H,5-11H2,(H,20,22)(H,23,24)/t13-,14+/m0/s1. The van der Waals surface area contributed by atoms with Gasteiger partial charge >= 0.3 is 5.97 Å². The molecular formula is C18H23FN2O5S. The number of carbonyl (C=O) groups excluding carboxylic acids is 1. The number of nitrogens with zero attached hydrogens (tertiary/aromatic N) is 1. The number of nitrogens with one attached hydrogen (secondary N) is 1. The van der Waals surface area contributed by atoms with E-state index < -0.39 is 27.7 Å². The SMILES string of the molecule is O=C(N[C@@H]1CC[C@H](C(=O)O)C1)C1CCN(S(=O)(=O)c2ccccc2F)CC1. The first-order valence-corrected chi connectivity index (χ1v) is 10.5. The van der Waals surface area contributed by atoms with E-state index in [0.29, 0.717) is 32.1 Å². The predicted molar refractivity (Wildman–Crippen MR) is 94.8 cm³/mol. The Labute approximate surface area is 157 Å². The number of carboxylic acid groups (broad SMARTS) is 1. The number of halogens is 1. The zero-order valence-corrected chi connectivity index (χ0v) is 15.6. The van der Waals surface area contributed by atoms with E-state index in [0.717, 1.165) is 6.07 Å². The average molecular weight is 398 g/mol. The van der Waals surface area contributed by atoms with Gasteiger partial charge in [0.05, 0.1) is 5.92 Å². The molecule has 3 rings (SSSR count). The summed E-state index contributed by atoms with van der Waals surface area (Å²) in [5.41, 5.74) is 0. The number of aliphatic carboxylic acids is 1. The lowest BCUT2D eigenvalue weighted by molar-refractivity contribution is -0.141. The molecule has 2 aliphatic rings. The van der Waals surface area contributed by atoms with Gasteiger partial charge in [-0.05, 0) is 44.2 Å². The molecule has 1 aliphatic carbocycles. The molecule has 1 aromatic rings. The van der Waals surface area contributed by atoms with Gasteiger partial charge in [-0.3, -0.25) is 9.59 Å². The van der Waals surface area contributed by atoms with Gasteiger partial charge < -0.3 is 10.4 Å². The molecule has 7 nitrogen and oxygen atoms in total. The largest absolute Gasteiger partial charge is 0.481 e. The molecule has 0 unspecified atom stereocenters. The second-order valence-electron chi connectivity index (χ2n) is 7.16. The number of rotatable bonds is 5. The summed E-state index contributed by atoms with van der Waals surface area (Å²) < 4.78 is 40.2. The Morgan fingerprint density at radius 3 is 2.33 bits per heavy atom. The normalized spacial score (nSPS) is 24.6. The third-order valence-corrected chi connectivity index (χ3v) is 7.34. The van der Waals surface area contributed by atoms with Crippen LogP contribution in [0.1, 0.15) is 32.1 Å². The lowest BCUT2D eigenvalue weighted by atomic mass is 9.96. The van der Waals surface area contributed by atoms with Crippen LogP contribution < -0.4 is 5.32 Å². The minimum atomic E-state index is -3.92. The Morgan fingerprint density at radius 2 is 1.74 bits per heavy atom. The minimum Gasteiger partial charge on any atom is -0.481 e. The van der Waals surface area contributed by atoms with Gasteiger partial charge in [-0.2, -0.15) is 4.31 Å². The van der Waals surface area contributed by atoms with Gasteiger partial charge in [0.25, 0.3) is 0 Å². The number of hydrogen-bond donors (Lipinski definition) is 2. The van der Waals surface area contributed by atoms with Crippen LogP contribution in [0.4, 0.5) is 4.39 Å². The van der Waals surface area contributed by atoms with Gasteiger partial charge in [0, 0.05) is 25.0 Å². The van der Waals surface area contributed by atoms with Crippen molar-refractivity contribution in [3.05, 3.63) is 30.1 Å². The molecule has 1 heterocycles. The van der Waals surface area contributed by atoms with E-state index >= 15 is 0 Å². The Morgan fingerprint density at radius 1 is 1.07 bits per heavy atom. The van der Waals surface area contributed by atoms with Crippen molar-refractivity contribution in [2.75, 3.05) is 13.1 Å². The van der Waals surface area contributed by atoms with Crippen molar-refractivity contribution in [3.63, 3.8) is 0 Å². The van der Waals surface area contributed by atoms with Crippen LogP contribution in [-0.2, 0) is 19.6 Å². The van der Waals surface area contributed by atoms with Crippen LogP contribution in [0.5, 0.6) is 0 Å². The lowest BCUT2D eigenvalue weighted by Gasteiger charge is -2.31. The van der Waals surface area contributed by atoms with Gasteiger partial charge in [-0.1, -0.05) is 12.1 Å². The summed E-state index contributed by atoms with van der Waals surface area (Å²) in [7, 11) is -3.92. The van der Waals surface area contributed by atoms with Crippen LogP contribution in [0.15, 0.2) is 29.2 Å². The second kappa shape index (κ2) is 7.93. The highest BCUT2D eigenvalue weighted by Crippen LogP contribution is 2.28. The van der Waals surface area contributed by atoms with Gasteiger partial charge in [-0.15, -0.1) is 0 Å². The van der Waals surface area contributed by atoms with Crippen LogP contribution in [-0.4, -0.2) is 48.8 Å². The summed E-state index contributed by atoms with van der Waals surface area (Å²) in [6.07, 6.45) is 2.34. The van der Waals surface area contributed by atoms with Crippen molar-refractivity contribution in [1.29, 1.82) is 0 Å². The minimum absolute atomic E-state index is 0.140. The number of carboxylic acids is 1. The average Bonchev–Trinajstić information content (AvgIpc) is 3.11. The molecule has 9 heteroatoms. The van der Waals surface area contributed by atoms with Crippen molar-refractivity contribution in [2.24, 2.45) is 11.8 Å². The summed E-state index contributed by atoms with van der Waals surface area (Å²) >= 11 is 0. The second-order valence-corrected chi connectivity index (χ2v) is 9.07. The topological polar surface area (TPSA) is 104 Å². The zero-order valence-electron chi connectivity index (χ0n) is 14.8. The molecule has 2 atom stereocenters.